The molecule has 106 valence electrons. The Hall–Kier alpha value is -0.520. The molecule has 0 spiro atoms. The van der Waals surface area contributed by atoms with Crippen LogP contribution in [0.3, 0.4) is 0 Å². The summed E-state index contributed by atoms with van der Waals surface area (Å²) in [4.78, 5) is 14.9. The average Bonchev–Trinajstić information content (AvgIpc) is 2.37. The highest BCUT2D eigenvalue weighted by Gasteiger charge is 2.02. The Morgan fingerprint density at radius 3 is 2.58 bits per heavy atom. The Balaban J connectivity index is 2.09. The minimum Gasteiger partial charge on any atom is -0.355 e. The second-order valence-electron chi connectivity index (χ2n) is 4.60. The molecule has 5 heteroatoms. The van der Waals surface area contributed by atoms with E-state index < -0.39 is 0 Å². The zero-order chi connectivity index (χ0) is 14.1. The van der Waals surface area contributed by atoms with Gasteiger partial charge in [0, 0.05) is 15.9 Å². The van der Waals surface area contributed by atoms with Crippen LogP contribution in [0.5, 0.6) is 0 Å². The molecule has 0 saturated heterocycles. The van der Waals surface area contributed by atoms with Crippen molar-refractivity contribution < 1.29 is 4.79 Å². The molecular weight excluding hydrogens is 324 g/mol. The van der Waals surface area contributed by atoms with Crippen LogP contribution in [0.1, 0.15) is 12.8 Å². The maximum Gasteiger partial charge on any atom is 0.230 e. The fraction of sp³-hybridized carbons (Fsp3) is 0.500. The van der Waals surface area contributed by atoms with Crippen molar-refractivity contribution in [3.8, 4) is 0 Å². The highest BCUT2D eigenvalue weighted by molar-refractivity contribution is 9.10. The molecule has 1 N–H and O–H groups in total. The van der Waals surface area contributed by atoms with E-state index in [1.54, 1.807) is 11.8 Å². The molecule has 0 atom stereocenters. The lowest BCUT2D eigenvalue weighted by Crippen LogP contribution is -2.26. The number of hydrogen-bond acceptors (Lipinski definition) is 3. The highest BCUT2D eigenvalue weighted by atomic mass is 79.9. The van der Waals surface area contributed by atoms with Gasteiger partial charge < -0.3 is 10.2 Å². The number of thioether (sulfide) groups is 1. The van der Waals surface area contributed by atoms with Gasteiger partial charge in [-0.2, -0.15) is 0 Å². The van der Waals surface area contributed by atoms with Crippen LogP contribution >= 0.6 is 27.7 Å². The third-order valence-electron chi connectivity index (χ3n) is 2.54. The first-order chi connectivity index (χ1) is 9.08. The Morgan fingerprint density at radius 1 is 1.26 bits per heavy atom. The van der Waals surface area contributed by atoms with Gasteiger partial charge in [-0.25, -0.2) is 0 Å². The lowest BCUT2D eigenvalue weighted by atomic mass is 10.3. The molecule has 1 amide bonds. The largest absolute Gasteiger partial charge is 0.355 e. The Morgan fingerprint density at radius 2 is 1.95 bits per heavy atom. The van der Waals surface area contributed by atoms with Gasteiger partial charge in [0.25, 0.3) is 0 Å². The summed E-state index contributed by atoms with van der Waals surface area (Å²) in [6.45, 7) is 1.84. The summed E-state index contributed by atoms with van der Waals surface area (Å²) in [5, 5.41) is 2.95. The van der Waals surface area contributed by atoms with Crippen LogP contribution in [0.25, 0.3) is 0 Å². The van der Waals surface area contributed by atoms with Gasteiger partial charge in [-0.15, -0.1) is 11.8 Å². The van der Waals surface area contributed by atoms with E-state index in [-0.39, 0.29) is 5.91 Å². The van der Waals surface area contributed by atoms with Crippen LogP contribution in [0.15, 0.2) is 33.6 Å². The molecule has 0 unspecified atom stereocenters. The maximum atomic E-state index is 11.6. The molecular formula is C14H21BrN2OS. The number of carbonyl (C=O) groups excluding carboxylic acids is 1. The van der Waals surface area contributed by atoms with E-state index in [1.165, 1.54) is 0 Å². The number of amides is 1. The first kappa shape index (κ1) is 16.5. The molecule has 0 heterocycles. The summed E-state index contributed by atoms with van der Waals surface area (Å²) in [5.74, 6) is 0.591. The predicted molar refractivity (Wildman–Crippen MR) is 85.7 cm³/mol. The standard InChI is InChI=1S/C14H21BrN2OS/c1-17(2)10-4-3-9-16-14(18)11-19-13-7-5-12(15)6-8-13/h5-8H,3-4,9-11H2,1-2H3,(H,16,18). The molecule has 1 aromatic rings. The summed E-state index contributed by atoms with van der Waals surface area (Å²) in [6, 6.07) is 8.00. The fourth-order valence-corrected chi connectivity index (χ4v) is 2.50. The molecule has 1 aromatic carbocycles. The monoisotopic (exact) mass is 344 g/mol. The minimum atomic E-state index is 0.109. The molecule has 0 fully saturated rings. The molecule has 0 aromatic heterocycles. The number of carbonyl (C=O) groups is 1. The van der Waals surface area contributed by atoms with Crippen molar-refractivity contribution in [2.24, 2.45) is 0 Å². The van der Waals surface area contributed by atoms with Crippen molar-refractivity contribution in [1.82, 2.24) is 10.2 Å². The normalized spacial score (nSPS) is 10.7. The lowest BCUT2D eigenvalue weighted by Gasteiger charge is -2.09. The van der Waals surface area contributed by atoms with Crippen LogP contribution in [0.2, 0.25) is 0 Å². The first-order valence-electron chi connectivity index (χ1n) is 6.38. The number of nitrogens with zero attached hydrogens (tertiary/aromatic N) is 1. The van der Waals surface area contributed by atoms with Crippen LogP contribution in [0, 0.1) is 0 Å². The van der Waals surface area contributed by atoms with E-state index in [2.05, 4.69) is 40.2 Å². The quantitative estimate of drug-likeness (QED) is 0.581. The van der Waals surface area contributed by atoms with Crippen molar-refractivity contribution in [3.05, 3.63) is 28.7 Å². The number of nitrogens with one attached hydrogen (secondary N) is 1. The molecule has 0 aliphatic heterocycles. The molecule has 0 saturated carbocycles. The summed E-state index contributed by atoms with van der Waals surface area (Å²) in [5.41, 5.74) is 0. The van der Waals surface area contributed by atoms with Crippen molar-refractivity contribution >= 4 is 33.6 Å². The summed E-state index contributed by atoms with van der Waals surface area (Å²) < 4.78 is 1.06. The Bertz CT molecular complexity index is 382. The van der Waals surface area contributed by atoms with Crippen LogP contribution < -0.4 is 5.32 Å². The minimum absolute atomic E-state index is 0.109. The van der Waals surface area contributed by atoms with Crippen molar-refractivity contribution in [3.63, 3.8) is 0 Å². The molecule has 1 rings (SSSR count). The maximum absolute atomic E-state index is 11.6. The van der Waals surface area contributed by atoms with E-state index in [4.69, 9.17) is 0 Å². The summed E-state index contributed by atoms with van der Waals surface area (Å²) in [7, 11) is 4.13. The van der Waals surface area contributed by atoms with E-state index in [1.807, 2.05) is 24.3 Å². The van der Waals surface area contributed by atoms with Gasteiger partial charge in [-0.3, -0.25) is 4.79 Å². The summed E-state index contributed by atoms with van der Waals surface area (Å²) in [6.07, 6.45) is 2.15. The van der Waals surface area contributed by atoms with E-state index in [9.17, 15) is 4.79 Å². The van der Waals surface area contributed by atoms with Crippen LogP contribution in [-0.4, -0.2) is 43.7 Å². The molecule has 19 heavy (non-hydrogen) atoms. The zero-order valence-electron chi connectivity index (χ0n) is 11.5. The highest BCUT2D eigenvalue weighted by Crippen LogP contribution is 2.20. The van der Waals surface area contributed by atoms with Gasteiger partial charge in [0.05, 0.1) is 5.75 Å². The molecule has 0 radical (unpaired) electrons. The molecule has 0 aliphatic rings. The fourth-order valence-electron chi connectivity index (χ4n) is 1.51. The van der Waals surface area contributed by atoms with Gasteiger partial charge in [-0.1, -0.05) is 15.9 Å². The van der Waals surface area contributed by atoms with Gasteiger partial charge in [0.1, 0.15) is 0 Å². The van der Waals surface area contributed by atoms with E-state index in [0.29, 0.717) is 5.75 Å². The Kier molecular flexibility index (Phi) is 8.18. The average molecular weight is 345 g/mol. The van der Waals surface area contributed by atoms with E-state index >= 15 is 0 Å². The summed E-state index contributed by atoms with van der Waals surface area (Å²) >= 11 is 4.96. The number of hydrogen-bond donors (Lipinski definition) is 1. The van der Waals surface area contributed by atoms with Gasteiger partial charge in [0.15, 0.2) is 0 Å². The number of unbranched alkanes of at least 4 members (excludes halogenated alkanes) is 1. The second kappa shape index (κ2) is 9.39. The third-order valence-corrected chi connectivity index (χ3v) is 4.08. The predicted octanol–water partition coefficient (Wildman–Crippen LogP) is 3.00. The molecule has 3 nitrogen and oxygen atoms in total. The number of rotatable bonds is 8. The first-order valence-corrected chi connectivity index (χ1v) is 8.15. The number of benzene rings is 1. The van der Waals surface area contributed by atoms with Crippen LogP contribution in [0.4, 0.5) is 0 Å². The van der Waals surface area contributed by atoms with Crippen molar-refractivity contribution in [2.45, 2.75) is 17.7 Å². The second-order valence-corrected chi connectivity index (χ2v) is 6.57. The van der Waals surface area contributed by atoms with Gasteiger partial charge in [0.2, 0.25) is 5.91 Å². The molecule has 0 aliphatic carbocycles. The van der Waals surface area contributed by atoms with Crippen molar-refractivity contribution in [2.75, 3.05) is 32.9 Å². The molecule has 0 bridgehead atoms. The topological polar surface area (TPSA) is 32.3 Å². The SMILES string of the molecule is CN(C)CCCCNC(=O)CSc1ccc(Br)cc1. The number of halogens is 1. The van der Waals surface area contributed by atoms with E-state index in [0.717, 1.165) is 35.3 Å². The zero-order valence-corrected chi connectivity index (χ0v) is 13.9. The smallest absolute Gasteiger partial charge is 0.230 e. The lowest BCUT2D eigenvalue weighted by molar-refractivity contribution is -0.118. The van der Waals surface area contributed by atoms with Crippen molar-refractivity contribution in [1.29, 1.82) is 0 Å². The van der Waals surface area contributed by atoms with Gasteiger partial charge >= 0.3 is 0 Å². The van der Waals surface area contributed by atoms with Gasteiger partial charge in [-0.05, 0) is 57.7 Å². The third kappa shape index (κ3) is 8.29. The van der Waals surface area contributed by atoms with Crippen LogP contribution in [-0.2, 0) is 4.79 Å². The Labute approximate surface area is 128 Å².